The quantitative estimate of drug-likeness (QED) is 0.919. The molecule has 0 spiro atoms. The molecule has 1 aliphatic rings. The molecule has 1 aliphatic heterocycles. The molecule has 0 radical (unpaired) electrons. The fourth-order valence-corrected chi connectivity index (χ4v) is 3.08. The maximum absolute atomic E-state index is 6.15. The minimum absolute atomic E-state index is 0.279. The Morgan fingerprint density at radius 1 is 1.20 bits per heavy atom. The molecule has 4 heteroatoms. The lowest BCUT2D eigenvalue weighted by molar-refractivity contribution is 0.124. The van der Waals surface area contributed by atoms with Crippen LogP contribution in [0.25, 0.3) is 0 Å². The Labute approximate surface area is 121 Å². The summed E-state index contributed by atoms with van der Waals surface area (Å²) in [5, 5.41) is 0. The second kappa shape index (κ2) is 6.46. The van der Waals surface area contributed by atoms with Crippen molar-refractivity contribution in [1.29, 1.82) is 0 Å². The molecule has 0 saturated carbocycles. The second-order valence-corrected chi connectivity index (χ2v) is 5.85. The van der Waals surface area contributed by atoms with Gasteiger partial charge in [0, 0.05) is 25.2 Å². The van der Waals surface area contributed by atoms with Gasteiger partial charge in [-0.25, -0.2) is 0 Å². The molecule has 4 nitrogen and oxygen atoms in total. The highest BCUT2D eigenvalue weighted by Crippen LogP contribution is 2.33. The number of nitrogens with two attached hydrogens (primary N) is 1. The summed E-state index contributed by atoms with van der Waals surface area (Å²) < 4.78 is 10.7. The first-order valence-electron chi connectivity index (χ1n) is 7.26. The van der Waals surface area contributed by atoms with Crippen molar-refractivity contribution in [3.05, 3.63) is 23.8 Å². The Morgan fingerprint density at radius 2 is 1.90 bits per heavy atom. The lowest BCUT2D eigenvalue weighted by Crippen LogP contribution is -2.47. The van der Waals surface area contributed by atoms with E-state index in [0.29, 0.717) is 12.0 Å². The van der Waals surface area contributed by atoms with E-state index in [1.54, 1.807) is 14.2 Å². The predicted octanol–water partition coefficient (Wildman–Crippen LogP) is 2.43. The molecule has 1 aromatic carbocycles. The van der Waals surface area contributed by atoms with Gasteiger partial charge in [-0.3, -0.25) is 4.90 Å². The van der Waals surface area contributed by atoms with Crippen molar-refractivity contribution in [3.8, 4) is 11.5 Å². The molecule has 1 fully saturated rings. The van der Waals surface area contributed by atoms with E-state index in [1.165, 1.54) is 5.56 Å². The molecule has 2 N–H and O–H groups in total. The third kappa shape index (κ3) is 3.25. The van der Waals surface area contributed by atoms with E-state index < -0.39 is 0 Å². The number of piperidine rings is 1. The summed E-state index contributed by atoms with van der Waals surface area (Å²) >= 11 is 0. The number of hydrogen-bond donors (Lipinski definition) is 1. The Hall–Kier alpha value is -1.26. The van der Waals surface area contributed by atoms with Gasteiger partial charge < -0.3 is 15.2 Å². The average molecular weight is 278 g/mol. The van der Waals surface area contributed by atoms with Crippen LogP contribution in [0.5, 0.6) is 11.5 Å². The molecule has 3 atom stereocenters. The number of benzene rings is 1. The number of nitrogens with zero attached hydrogens (tertiary/aromatic N) is 1. The summed E-state index contributed by atoms with van der Waals surface area (Å²) in [5.41, 5.74) is 7.39. The molecule has 1 saturated heterocycles. The van der Waals surface area contributed by atoms with Crippen LogP contribution in [-0.4, -0.2) is 38.3 Å². The maximum atomic E-state index is 6.15. The Bertz CT molecular complexity index is 440. The van der Waals surface area contributed by atoms with Crippen LogP contribution in [0.2, 0.25) is 0 Å². The number of methoxy groups -OCH3 is 2. The Balaban J connectivity index is 2.18. The van der Waals surface area contributed by atoms with Crippen LogP contribution in [0.4, 0.5) is 0 Å². The van der Waals surface area contributed by atoms with Crippen molar-refractivity contribution in [2.75, 3.05) is 27.3 Å². The minimum atomic E-state index is 0.279. The molecule has 2 rings (SSSR count). The number of likely N-dealkylation sites (tertiary alicyclic amines) is 1. The summed E-state index contributed by atoms with van der Waals surface area (Å²) in [6.07, 6.45) is 1.12. The molecule has 0 amide bonds. The molecule has 0 aromatic heterocycles. The SMILES string of the molecule is COc1ccc(C(C)N2CC(C)CC(N)C2)cc1OC. The van der Waals surface area contributed by atoms with Crippen molar-refractivity contribution in [3.63, 3.8) is 0 Å². The molecule has 0 bridgehead atoms. The first-order valence-corrected chi connectivity index (χ1v) is 7.26. The van der Waals surface area contributed by atoms with E-state index in [4.69, 9.17) is 15.2 Å². The fourth-order valence-electron chi connectivity index (χ4n) is 3.08. The highest BCUT2D eigenvalue weighted by atomic mass is 16.5. The molecule has 1 heterocycles. The number of rotatable bonds is 4. The zero-order valence-corrected chi connectivity index (χ0v) is 12.9. The van der Waals surface area contributed by atoms with Crippen LogP contribution in [0.15, 0.2) is 18.2 Å². The highest BCUT2D eigenvalue weighted by molar-refractivity contribution is 5.43. The summed E-state index contributed by atoms with van der Waals surface area (Å²) in [6, 6.07) is 6.76. The van der Waals surface area contributed by atoms with Crippen molar-refractivity contribution in [2.24, 2.45) is 11.7 Å². The zero-order chi connectivity index (χ0) is 14.7. The van der Waals surface area contributed by atoms with Gasteiger partial charge in [0.2, 0.25) is 0 Å². The van der Waals surface area contributed by atoms with Crippen LogP contribution < -0.4 is 15.2 Å². The largest absolute Gasteiger partial charge is 0.493 e. The van der Waals surface area contributed by atoms with Crippen molar-refractivity contribution < 1.29 is 9.47 Å². The van der Waals surface area contributed by atoms with Crippen LogP contribution in [-0.2, 0) is 0 Å². The van der Waals surface area contributed by atoms with Crippen molar-refractivity contribution in [1.82, 2.24) is 4.90 Å². The standard InChI is InChI=1S/C16H26N2O2/c1-11-7-14(17)10-18(9-11)12(2)13-5-6-15(19-3)16(8-13)20-4/h5-6,8,11-12,14H,7,9-10,17H2,1-4H3. The second-order valence-electron chi connectivity index (χ2n) is 5.85. The molecule has 112 valence electrons. The molecule has 1 aromatic rings. The van der Waals surface area contributed by atoms with E-state index in [2.05, 4.69) is 30.9 Å². The van der Waals surface area contributed by atoms with Gasteiger partial charge in [0.1, 0.15) is 0 Å². The van der Waals surface area contributed by atoms with Crippen LogP contribution >= 0.6 is 0 Å². The third-order valence-electron chi connectivity index (χ3n) is 4.16. The van der Waals surface area contributed by atoms with Gasteiger partial charge >= 0.3 is 0 Å². The molecule has 3 unspecified atom stereocenters. The van der Waals surface area contributed by atoms with E-state index in [9.17, 15) is 0 Å². The summed E-state index contributed by atoms with van der Waals surface area (Å²) in [7, 11) is 3.33. The monoisotopic (exact) mass is 278 g/mol. The van der Waals surface area contributed by atoms with Gasteiger partial charge in [0.15, 0.2) is 11.5 Å². The Kier molecular flexibility index (Phi) is 4.89. The van der Waals surface area contributed by atoms with Crippen LogP contribution in [0.1, 0.15) is 31.9 Å². The average Bonchev–Trinajstić information content (AvgIpc) is 2.44. The number of ether oxygens (including phenoxy) is 2. The zero-order valence-electron chi connectivity index (χ0n) is 12.9. The predicted molar refractivity (Wildman–Crippen MR) is 81.3 cm³/mol. The van der Waals surface area contributed by atoms with Gasteiger partial charge in [0.25, 0.3) is 0 Å². The van der Waals surface area contributed by atoms with E-state index >= 15 is 0 Å². The molecule has 20 heavy (non-hydrogen) atoms. The minimum Gasteiger partial charge on any atom is -0.493 e. The first-order chi connectivity index (χ1) is 9.55. The lowest BCUT2D eigenvalue weighted by atomic mass is 9.94. The van der Waals surface area contributed by atoms with Crippen molar-refractivity contribution in [2.45, 2.75) is 32.4 Å². The summed E-state index contributed by atoms with van der Waals surface area (Å²) in [5.74, 6) is 2.21. The smallest absolute Gasteiger partial charge is 0.161 e. The van der Waals surface area contributed by atoms with Gasteiger partial charge in [-0.1, -0.05) is 13.0 Å². The van der Waals surface area contributed by atoms with Gasteiger partial charge in [-0.2, -0.15) is 0 Å². The summed E-state index contributed by atoms with van der Waals surface area (Å²) in [6.45, 7) is 6.56. The van der Waals surface area contributed by atoms with Crippen molar-refractivity contribution >= 4 is 0 Å². The van der Waals surface area contributed by atoms with E-state index in [0.717, 1.165) is 31.0 Å². The van der Waals surface area contributed by atoms with Gasteiger partial charge in [-0.15, -0.1) is 0 Å². The van der Waals surface area contributed by atoms with Gasteiger partial charge in [0.05, 0.1) is 14.2 Å². The summed E-state index contributed by atoms with van der Waals surface area (Å²) in [4.78, 5) is 2.46. The highest BCUT2D eigenvalue weighted by Gasteiger charge is 2.26. The molecule has 0 aliphatic carbocycles. The first kappa shape index (κ1) is 15.1. The van der Waals surface area contributed by atoms with Crippen LogP contribution in [0.3, 0.4) is 0 Å². The van der Waals surface area contributed by atoms with Gasteiger partial charge in [-0.05, 0) is 37.0 Å². The third-order valence-corrected chi connectivity index (χ3v) is 4.16. The fraction of sp³-hybridized carbons (Fsp3) is 0.625. The normalized spacial score (nSPS) is 25.2. The Morgan fingerprint density at radius 3 is 2.50 bits per heavy atom. The molecular weight excluding hydrogens is 252 g/mol. The number of hydrogen-bond acceptors (Lipinski definition) is 4. The van der Waals surface area contributed by atoms with E-state index in [1.807, 2.05) is 6.07 Å². The lowest BCUT2D eigenvalue weighted by Gasteiger charge is -2.38. The molecular formula is C16H26N2O2. The van der Waals surface area contributed by atoms with E-state index in [-0.39, 0.29) is 6.04 Å². The van der Waals surface area contributed by atoms with Crippen LogP contribution in [0, 0.1) is 5.92 Å². The maximum Gasteiger partial charge on any atom is 0.161 e. The topological polar surface area (TPSA) is 47.7 Å².